The topological polar surface area (TPSA) is 47.6 Å². The van der Waals surface area contributed by atoms with E-state index in [1.54, 1.807) is 26.2 Å². The summed E-state index contributed by atoms with van der Waals surface area (Å²) in [4.78, 5) is 11.3. The number of benzene rings is 2. The van der Waals surface area contributed by atoms with Crippen LogP contribution in [-0.4, -0.2) is 19.8 Å². The van der Waals surface area contributed by atoms with E-state index in [1.807, 2.05) is 36.4 Å². The number of anilines is 1. The molecule has 4 heteroatoms. The van der Waals surface area contributed by atoms with Gasteiger partial charge in [-0.2, -0.15) is 0 Å². The number of hydrogen-bond donors (Lipinski definition) is 1. The van der Waals surface area contributed by atoms with E-state index < -0.39 is 6.09 Å². The average molecular weight is 295 g/mol. The predicted molar refractivity (Wildman–Crippen MR) is 86.1 cm³/mol. The maximum atomic E-state index is 11.3. The van der Waals surface area contributed by atoms with Gasteiger partial charge in [-0.3, -0.25) is 5.32 Å². The van der Waals surface area contributed by atoms with Crippen LogP contribution in [0.2, 0.25) is 0 Å². The van der Waals surface area contributed by atoms with Crippen molar-refractivity contribution in [3.8, 4) is 17.6 Å². The molecular formula is C18H17NO3. The molecule has 0 saturated carbocycles. The molecule has 2 aromatic rings. The molecule has 0 heterocycles. The Morgan fingerprint density at radius 3 is 2.05 bits per heavy atom. The van der Waals surface area contributed by atoms with Gasteiger partial charge in [0.05, 0.1) is 13.7 Å². The third-order valence-electron chi connectivity index (χ3n) is 2.85. The molecule has 4 nitrogen and oxygen atoms in total. The smallest absolute Gasteiger partial charge is 0.411 e. The van der Waals surface area contributed by atoms with Crippen LogP contribution in [-0.2, 0) is 4.74 Å². The maximum absolute atomic E-state index is 11.3. The molecule has 2 aromatic carbocycles. The first-order chi connectivity index (χ1) is 10.7. The number of methoxy groups -OCH3 is 1. The highest BCUT2D eigenvalue weighted by molar-refractivity contribution is 5.84. The van der Waals surface area contributed by atoms with Gasteiger partial charge < -0.3 is 9.47 Å². The van der Waals surface area contributed by atoms with Crippen LogP contribution in [0.1, 0.15) is 18.1 Å². The molecular weight excluding hydrogens is 278 g/mol. The fourth-order valence-corrected chi connectivity index (χ4v) is 1.74. The van der Waals surface area contributed by atoms with Crippen molar-refractivity contribution >= 4 is 11.8 Å². The molecule has 0 aromatic heterocycles. The molecule has 0 saturated heterocycles. The largest absolute Gasteiger partial charge is 0.497 e. The fraction of sp³-hybridized carbons (Fsp3) is 0.167. The average Bonchev–Trinajstić information content (AvgIpc) is 2.55. The quantitative estimate of drug-likeness (QED) is 0.879. The lowest BCUT2D eigenvalue weighted by atomic mass is 10.1. The maximum Gasteiger partial charge on any atom is 0.411 e. The number of ether oxygens (including phenoxy) is 2. The Morgan fingerprint density at radius 2 is 1.55 bits per heavy atom. The summed E-state index contributed by atoms with van der Waals surface area (Å²) in [5.41, 5.74) is 2.45. The Morgan fingerprint density at radius 1 is 1.00 bits per heavy atom. The molecule has 0 bridgehead atoms. The standard InChI is InChI=1S/C18H17NO3/c1-3-22-18(20)19-16-10-6-14(7-11-16)4-5-15-8-12-17(21-2)13-9-15/h6-13H,3H2,1-2H3,(H,19,20). The van der Waals surface area contributed by atoms with E-state index in [9.17, 15) is 4.79 Å². The molecule has 0 atom stereocenters. The fourth-order valence-electron chi connectivity index (χ4n) is 1.74. The Bertz CT molecular complexity index is 679. The van der Waals surface area contributed by atoms with Crippen molar-refractivity contribution in [1.29, 1.82) is 0 Å². The Kier molecular flexibility index (Phi) is 5.44. The molecule has 0 aliphatic rings. The summed E-state index contributed by atoms with van der Waals surface area (Å²) in [5, 5.41) is 2.63. The van der Waals surface area contributed by atoms with Gasteiger partial charge in [0.25, 0.3) is 0 Å². The van der Waals surface area contributed by atoms with Crippen LogP contribution in [0.5, 0.6) is 5.75 Å². The zero-order valence-corrected chi connectivity index (χ0v) is 12.6. The molecule has 0 radical (unpaired) electrons. The highest BCUT2D eigenvalue weighted by Crippen LogP contribution is 2.11. The summed E-state index contributed by atoms with van der Waals surface area (Å²) in [7, 11) is 1.63. The van der Waals surface area contributed by atoms with E-state index >= 15 is 0 Å². The highest BCUT2D eigenvalue weighted by atomic mass is 16.5. The lowest BCUT2D eigenvalue weighted by molar-refractivity contribution is 0.168. The summed E-state index contributed by atoms with van der Waals surface area (Å²) >= 11 is 0. The lowest BCUT2D eigenvalue weighted by Gasteiger charge is -2.04. The SMILES string of the molecule is CCOC(=O)Nc1ccc(C#Cc2ccc(OC)cc2)cc1. The molecule has 0 fully saturated rings. The summed E-state index contributed by atoms with van der Waals surface area (Å²) in [5.74, 6) is 6.95. The normalized spacial score (nSPS) is 9.36. The summed E-state index contributed by atoms with van der Waals surface area (Å²) in [6.07, 6.45) is -0.459. The minimum Gasteiger partial charge on any atom is -0.497 e. The summed E-state index contributed by atoms with van der Waals surface area (Å²) in [6, 6.07) is 14.8. The Hall–Kier alpha value is -2.93. The van der Waals surface area contributed by atoms with Crippen LogP contribution in [0.4, 0.5) is 10.5 Å². The molecule has 2 rings (SSSR count). The van der Waals surface area contributed by atoms with E-state index in [-0.39, 0.29) is 0 Å². The van der Waals surface area contributed by atoms with Crippen molar-refractivity contribution in [1.82, 2.24) is 0 Å². The van der Waals surface area contributed by atoms with Crippen molar-refractivity contribution in [2.24, 2.45) is 0 Å². The Balaban J connectivity index is 2.02. The van der Waals surface area contributed by atoms with Crippen LogP contribution >= 0.6 is 0 Å². The van der Waals surface area contributed by atoms with Crippen molar-refractivity contribution in [2.75, 3.05) is 19.0 Å². The highest BCUT2D eigenvalue weighted by Gasteiger charge is 2.00. The van der Waals surface area contributed by atoms with Crippen LogP contribution in [0.15, 0.2) is 48.5 Å². The van der Waals surface area contributed by atoms with Gasteiger partial charge in [-0.25, -0.2) is 4.79 Å². The molecule has 1 N–H and O–H groups in total. The second-order valence-corrected chi connectivity index (χ2v) is 4.40. The Labute approximate surface area is 130 Å². The van der Waals surface area contributed by atoms with E-state index in [2.05, 4.69) is 17.2 Å². The van der Waals surface area contributed by atoms with Gasteiger partial charge in [-0.05, 0) is 55.5 Å². The first-order valence-corrected chi connectivity index (χ1v) is 6.91. The molecule has 0 aliphatic carbocycles. The second kappa shape index (κ2) is 7.75. The van der Waals surface area contributed by atoms with E-state index in [4.69, 9.17) is 9.47 Å². The van der Waals surface area contributed by atoms with Crippen molar-refractivity contribution in [3.05, 3.63) is 59.7 Å². The van der Waals surface area contributed by atoms with Gasteiger partial charge in [0, 0.05) is 16.8 Å². The molecule has 1 amide bonds. The first-order valence-electron chi connectivity index (χ1n) is 6.91. The third kappa shape index (κ3) is 4.57. The number of rotatable bonds is 3. The van der Waals surface area contributed by atoms with Gasteiger partial charge in [0.1, 0.15) is 5.75 Å². The summed E-state index contributed by atoms with van der Waals surface area (Å²) in [6.45, 7) is 2.11. The van der Waals surface area contributed by atoms with Gasteiger partial charge in [-0.1, -0.05) is 11.8 Å². The number of carbonyl (C=O) groups is 1. The van der Waals surface area contributed by atoms with Gasteiger partial charge in [-0.15, -0.1) is 0 Å². The number of amides is 1. The lowest BCUT2D eigenvalue weighted by Crippen LogP contribution is -2.13. The van der Waals surface area contributed by atoms with Crippen LogP contribution in [0.25, 0.3) is 0 Å². The minimum atomic E-state index is -0.459. The second-order valence-electron chi connectivity index (χ2n) is 4.40. The summed E-state index contributed by atoms with van der Waals surface area (Å²) < 4.78 is 9.91. The number of hydrogen-bond acceptors (Lipinski definition) is 3. The zero-order chi connectivity index (χ0) is 15.8. The molecule has 0 spiro atoms. The predicted octanol–water partition coefficient (Wildman–Crippen LogP) is 3.66. The zero-order valence-electron chi connectivity index (χ0n) is 12.6. The van der Waals surface area contributed by atoms with Gasteiger partial charge in [0.15, 0.2) is 0 Å². The van der Waals surface area contributed by atoms with Crippen LogP contribution in [0, 0.1) is 11.8 Å². The van der Waals surface area contributed by atoms with Gasteiger partial charge in [0.2, 0.25) is 0 Å². The molecule has 0 unspecified atom stereocenters. The molecule has 22 heavy (non-hydrogen) atoms. The van der Waals surface area contributed by atoms with Crippen molar-refractivity contribution < 1.29 is 14.3 Å². The van der Waals surface area contributed by atoms with Crippen molar-refractivity contribution in [2.45, 2.75) is 6.92 Å². The van der Waals surface area contributed by atoms with Gasteiger partial charge >= 0.3 is 6.09 Å². The number of carbonyl (C=O) groups excluding carboxylic acids is 1. The third-order valence-corrected chi connectivity index (χ3v) is 2.85. The minimum absolute atomic E-state index is 0.344. The first kappa shape index (κ1) is 15.5. The monoisotopic (exact) mass is 295 g/mol. The van der Waals surface area contributed by atoms with Crippen LogP contribution < -0.4 is 10.1 Å². The van der Waals surface area contributed by atoms with Crippen LogP contribution in [0.3, 0.4) is 0 Å². The van der Waals surface area contributed by atoms with E-state index in [1.165, 1.54) is 0 Å². The van der Waals surface area contributed by atoms with E-state index in [0.29, 0.717) is 12.3 Å². The van der Waals surface area contributed by atoms with Crippen molar-refractivity contribution in [3.63, 3.8) is 0 Å². The molecule has 0 aliphatic heterocycles. The number of nitrogens with one attached hydrogen (secondary N) is 1. The molecule has 112 valence electrons. The van der Waals surface area contributed by atoms with E-state index in [0.717, 1.165) is 16.9 Å².